The van der Waals surface area contributed by atoms with Gasteiger partial charge in [0.1, 0.15) is 5.76 Å². The zero-order valence-corrected chi connectivity index (χ0v) is 12.7. The van der Waals surface area contributed by atoms with E-state index in [0.29, 0.717) is 11.7 Å². The molecule has 1 rings (SSSR count). The molecule has 0 amide bonds. The Morgan fingerprint density at radius 2 is 2.05 bits per heavy atom. The van der Waals surface area contributed by atoms with Gasteiger partial charge in [-0.2, -0.15) is 0 Å². The molecular weight excluding hydrogens is 236 g/mol. The second kappa shape index (κ2) is 7.32. The van der Waals surface area contributed by atoms with Crippen molar-refractivity contribution in [3.8, 4) is 0 Å². The summed E-state index contributed by atoms with van der Waals surface area (Å²) < 4.78 is 5.37. The lowest BCUT2D eigenvalue weighted by molar-refractivity contribution is 0.479. The molecule has 0 saturated carbocycles. The van der Waals surface area contributed by atoms with Gasteiger partial charge in [0, 0.05) is 6.07 Å². The average Bonchev–Trinajstić information content (AvgIpc) is 2.33. The minimum Gasteiger partial charge on any atom is -0.423 e. The van der Waals surface area contributed by atoms with Crippen molar-refractivity contribution in [2.45, 2.75) is 59.8 Å². The highest BCUT2D eigenvalue weighted by Gasteiger charge is 2.13. The molecular formula is C17H26O2. The fraction of sp³-hybridized carbons (Fsp3) is 0.588. The van der Waals surface area contributed by atoms with Gasteiger partial charge in [-0.05, 0) is 55.2 Å². The maximum Gasteiger partial charge on any atom is 0.336 e. The lowest BCUT2D eigenvalue weighted by atomic mass is 9.94. The van der Waals surface area contributed by atoms with E-state index in [0.717, 1.165) is 43.2 Å². The van der Waals surface area contributed by atoms with Crippen LogP contribution in [0.3, 0.4) is 0 Å². The van der Waals surface area contributed by atoms with Crippen molar-refractivity contribution >= 4 is 5.57 Å². The number of hydrogen-bond donors (Lipinski definition) is 0. The first-order valence-corrected chi connectivity index (χ1v) is 7.27. The van der Waals surface area contributed by atoms with E-state index in [-0.39, 0.29) is 5.63 Å². The van der Waals surface area contributed by atoms with Gasteiger partial charge in [0.2, 0.25) is 0 Å². The summed E-state index contributed by atoms with van der Waals surface area (Å²) in [5.41, 5.74) is 2.93. The van der Waals surface area contributed by atoms with Gasteiger partial charge >= 0.3 is 5.63 Å². The van der Waals surface area contributed by atoms with Crippen LogP contribution in [-0.4, -0.2) is 0 Å². The van der Waals surface area contributed by atoms with E-state index in [9.17, 15) is 4.79 Å². The minimum absolute atomic E-state index is 0.252. The number of hydrogen-bond acceptors (Lipinski definition) is 2. The predicted octanol–water partition coefficient (Wildman–Crippen LogP) is 4.60. The number of allylic oxidation sites excluding steroid dienone is 1. The van der Waals surface area contributed by atoms with Gasteiger partial charge in [-0.1, -0.05) is 33.8 Å². The molecule has 0 unspecified atom stereocenters. The summed E-state index contributed by atoms with van der Waals surface area (Å²) in [6.07, 6.45) is 5.26. The highest BCUT2D eigenvalue weighted by Crippen LogP contribution is 2.23. The Hall–Kier alpha value is -1.31. The molecule has 1 aromatic heterocycles. The van der Waals surface area contributed by atoms with Crippen LogP contribution in [0.2, 0.25) is 0 Å². The third kappa shape index (κ3) is 4.70. The Kier molecular flexibility index (Phi) is 6.07. The standard InChI is InChI=1S/C17H26O2/c1-6-7-8-14-11-16(18)19-17(13(4)5)15(14)10-9-12(2)3/h11-12H,4,6-10H2,1-3,5H3. The molecule has 1 aromatic rings. The van der Waals surface area contributed by atoms with E-state index in [4.69, 9.17) is 4.42 Å². The molecule has 0 N–H and O–H groups in total. The number of aryl methyl sites for hydroxylation is 1. The summed E-state index contributed by atoms with van der Waals surface area (Å²) in [7, 11) is 0. The number of rotatable bonds is 7. The molecule has 0 saturated heterocycles. The Labute approximate surface area is 116 Å². The predicted molar refractivity (Wildman–Crippen MR) is 81.5 cm³/mol. The molecule has 19 heavy (non-hydrogen) atoms. The Morgan fingerprint density at radius 3 is 2.58 bits per heavy atom. The summed E-state index contributed by atoms with van der Waals surface area (Å²) in [5, 5.41) is 0. The maximum absolute atomic E-state index is 11.7. The van der Waals surface area contributed by atoms with Gasteiger partial charge in [0.05, 0.1) is 0 Å². The van der Waals surface area contributed by atoms with E-state index in [2.05, 4.69) is 27.4 Å². The molecule has 0 aromatic carbocycles. The van der Waals surface area contributed by atoms with E-state index in [1.54, 1.807) is 6.07 Å². The van der Waals surface area contributed by atoms with Gasteiger partial charge in [-0.15, -0.1) is 0 Å². The van der Waals surface area contributed by atoms with Gasteiger partial charge < -0.3 is 4.42 Å². The molecule has 2 nitrogen and oxygen atoms in total. The monoisotopic (exact) mass is 262 g/mol. The van der Waals surface area contributed by atoms with Crippen molar-refractivity contribution in [2.24, 2.45) is 5.92 Å². The highest BCUT2D eigenvalue weighted by atomic mass is 16.4. The van der Waals surface area contributed by atoms with E-state index >= 15 is 0 Å². The first kappa shape index (κ1) is 15.7. The van der Waals surface area contributed by atoms with Crippen LogP contribution in [0.15, 0.2) is 21.9 Å². The van der Waals surface area contributed by atoms with Gasteiger partial charge in [-0.25, -0.2) is 4.79 Å². The molecule has 0 bridgehead atoms. The molecule has 0 radical (unpaired) electrons. The molecule has 2 heteroatoms. The molecule has 0 spiro atoms. The SMILES string of the molecule is C=C(C)c1oc(=O)cc(CCCC)c1CCC(C)C. The summed E-state index contributed by atoms with van der Waals surface area (Å²) in [6.45, 7) is 12.4. The van der Waals surface area contributed by atoms with Crippen molar-refractivity contribution < 1.29 is 4.42 Å². The third-order valence-electron chi connectivity index (χ3n) is 3.32. The van der Waals surface area contributed by atoms with E-state index in [1.807, 2.05) is 6.92 Å². The second-order valence-electron chi connectivity index (χ2n) is 5.71. The van der Waals surface area contributed by atoms with Gasteiger partial charge in [-0.3, -0.25) is 0 Å². The second-order valence-corrected chi connectivity index (χ2v) is 5.71. The smallest absolute Gasteiger partial charge is 0.336 e. The molecule has 0 aliphatic heterocycles. The molecule has 1 heterocycles. The van der Waals surface area contributed by atoms with Crippen LogP contribution in [-0.2, 0) is 12.8 Å². The Bertz CT molecular complexity index is 481. The van der Waals surface area contributed by atoms with Crippen molar-refractivity contribution in [3.63, 3.8) is 0 Å². The fourth-order valence-electron chi connectivity index (χ4n) is 2.21. The molecule has 0 fully saturated rings. The van der Waals surface area contributed by atoms with Gasteiger partial charge in [0.25, 0.3) is 0 Å². The van der Waals surface area contributed by atoms with Crippen LogP contribution in [0.1, 0.15) is 63.8 Å². The normalized spacial score (nSPS) is 11.0. The van der Waals surface area contributed by atoms with E-state index < -0.39 is 0 Å². The molecule has 0 atom stereocenters. The lowest BCUT2D eigenvalue weighted by Crippen LogP contribution is -2.09. The third-order valence-corrected chi connectivity index (χ3v) is 3.32. The zero-order chi connectivity index (χ0) is 14.4. The lowest BCUT2D eigenvalue weighted by Gasteiger charge is -2.14. The van der Waals surface area contributed by atoms with Crippen LogP contribution < -0.4 is 5.63 Å². The molecule has 0 aliphatic rings. The number of unbranched alkanes of at least 4 members (excludes halogenated alkanes) is 1. The average molecular weight is 262 g/mol. The summed E-state index contributed by atoms with van der Waals surface area (Å²) in [5.74, 6) is 1.35. The summed E-state index contributed by atoms with van der Waals surface area (Å²) >= 11 is 0. The highest BCUT2D eigenvalue weighted by molar-refractivity contribution is 5.60. The quantitative estimate of drug-likeness (QED) is 0.718. The first-order valence-electron chi connectivity index (χ1n) is 7.27. The van der Waals surface area contributed by atoms with Gasteiger partial charge in [0.15, 0.2) is 0 Å². The van der Waals surface area contributed by atoms with Crippen LogP contribution in [0, 0.1) is 5.92 Å². The fourth-order valence-corrected chi connectivity index (χ4v) is 2.21. The van der Waals surface area contributed by atoms with Crippen molar-refractivity contribution in [1.29, 1.82) is 0 Å². The summed E-state index contributed by atoms with van der Waals surface area (Å²) in [4.78, 5) is 11.7. The van der Waals surface area contributed by atoms with Crippen LogP contribution >= 0.6 is 0 Å². The molecule has 106 valence electrons. The molecule has 0 aliphatic carbocycles. The minimum atomic E-state index is -0.252. The Balaban J connectivity index is 3.17. The summed E-state index contributed by atoms with van der Waals surface area (Å²) in [6, 6.07) is 1.66. The van der Waals surface area contributed by atoms with Crippen LogP contribution in [0.5, 0.6) is 0 Å². The Morgan fingerprint density at radius 1 is 1.37 bits per heavy atom. The van der Waals surface area contributed by atoms with Crippen LogP contribution in [0.4, 0.5) is 0 Å². The van der Waals surface area contributed by atoms with Crippen molar-refractivity contribution in [2.75, 3.05) is 0 Å². The largest absolute Gasteiger partial charge is 0.423 e. The van der Waals surface area contributed by atoms with Crippen molar-refractivity contribution in [3.05, 3.63) is 40.0 Å². The van der Waals surface area contributed by atoms with Crippen LogP contribution in [0.25, 0.3) is 5.57 Å². The maximum atomic E-state index is 11.7. The zero-order valence-electron chi connectivity index (χ0n) is 12.7. The first-order chi connectivity index (χ1) is 8.95. The van der Waals surface area contributed by atoms with Crippen molar-refractivity contribution in [1.82, 2.24) is 0 Å². The topological polar surface area (TPSA) is 30.2 Å². The van der Waals surface area contributed by atoms with E-state index in [1.165, 1.54) is 5.56 Å².